The highest BCUT2D eigenvalue weighted by atomic mass is 16.2. The quantitative estimate of drug-likeness (QED) is 0.835. The Morgan fingerprint density at radius 3 is 2.74 bits per heavy atom. The van der Waals surface area contributed by atoms with E-state index in [-0.39, 0.29) is 6.04 Å². The first-order chi connectivity index (χ1) is 8.85. The lowest BCUT2D eigenvalue weighted by molar-refractivity contribution is -0.134. The first kappa shape index (κ1) is 14.8. The predicted molar refractivity (Wildman–Crippen MR) is 78.7 cm³/mol. The minimum absolute atomic E-state index is 0.194. The molecule has 3 unspecified atom stereocenters. The third-order valence-corrected chi connectivity index (χ3v) is 4.75. The second-order valence-corrected chi connectivity index (χ2v) is 7.73. The average molecular weight is 266 g/mol. The van der Waals surface area contributed by atoms with Crippen molar-refractivity contribution in [3.8, 4) is 0 Å². The van der Waals surface area contributed by atoms with Crippen molar-refractivity contribution in [2.75, 3.05) is 13.1 Å². The molecule has 2 rings (SSSR count). The molecule has 19 heavy (non-hydrogen) atoms. The molecule has 3 atom stereocenters. The Hall–Kier alpha value is -0.570. The van der Waals surface area contributed by atoms with E-state index in [1.54, 1.807) is 0 Å². The highest BCUT2D eigenvalue weighted by molar-refractivity contribution is 5.76. The Morgan fingerprint density at radius 2 is 2.11 bits per heavy atom. The molecule has 0 radical (unpaired) electrons. The number of likely N-dealkylation sites (tertiary alicyclic amines) is 1. The molecule has 2 N–H and O–H groups in total. The second-order valence-electron chi connectivity index (χ2n) is 7.73. The Balaban J connectivity index is 1.87. The number of nitrogens with two attached hydrogens (primary N) is 1. The summed E-state index contributed by atoms with van der Waals surface area (Å²) in [6, 6.07) is 0.194. The third-order valence-electron chi connectivity index (χ3n) is 4.75. The zero-order valence-corrected chi connectivity index (χ0v) is 12.8. The molecular weight excluding hydrogens is 236 g/mol. The molecule has 1 aliphatic heterocycles. The van der Waals surface area contributed by atoms with Gasteiger partial charge in [0, 0.05) is 25.6 Å². The topological polar surface area (TPSA) is 46.3 Å². The van der Waals surface area contributed by atoms with Crippen LogP contribution >= 0.6 is 0 Å². The van der Waals surface area contributed by atoms with Gasteiger partial charge in [0.1, 0.15) is 0 Å². The molecule has 1 heterocycles. The van der Waals surface area contributed by atoms with Crippen molar-refractivity contribution < 1.29 is 4.79 Å². The van der Waals surface area contributed by atoms with Gasteiger partial charge in [-0.25, -0.2) is 0 Å². The van der Waals surface area contributed by atoms with Crippen LogP contribution in [0.3, 0.4) is 0 Å². The van der Waals surface area contributed by atoms with Gasteiger partial charge < -0.3 is 10.6 Å². The van der Waals surface area contributed by atoms with E-state index in [9.17, 15) is 4.79 Å². The summed E-state index contributed by atoms with van der Waals surface area (Å²) in [5.74, 6) is 1.67. The van der Waals surface area contributed by atoms with Crippen LogP contribution in [0.5, 0.6) is 0 Å². The number of hydrogen-bond acceptors (Lipinski definition) is 2. The second kappa shape index (κ2) is 5.82. The molecule has 0 spiro atoms. The molecule has 2 fully saturated rings. The van der Waals surface area contributed by atoms with E-state index in [2.05, 4.69) is 20.8 Å². The van der Waals surface area contributed by atoms with Crippen LogP contribution in [0, 0.1) is 17.3 Å². The average Bonchev–Trinajstić information content (AvgIpc) is 2.25. The van der Waals surface area contributed by atoms with Crippen molar-refractivity contribution in [3.05, 3.63) is 0 Å². The summed E-state index contributed by atoms with van der Waals surface area (Å²) in [4.78, 5) is 14.4. The van der Waals surface area contributed by atoms with E-state index in [0.29, 0.717) is 17.2 Å². The first-order valence-corrected chi connectivity index (χ1v) is 7.89. The van der Waals surface area contributed by atoms with E-state index in [4.69, 9.17) is 5.73 Å². The highest BCUT2D eigenvalue weighted by Crippen LogP contribution is 2.43. The van der Waals surface area contributed by atoms with Crippen molar-refractivity contribution >= 4 is 5.91 Å². The summed E-state index contributed by atoms with van der Waals surface area (Å²) in [5.41, 5.74) is 6.37. The number of nitrogens with zero attached hydrogens (tertiary/aromatic N) is 1. The van der Waals surface area contributed by atoms with Gasteiger partial charge in [-0.2, -0.15) is 0 Å². The van der Waals surface area contributed by atoms with Gasteiger partial charge >= 0.3 is 0 Å². The normalized spacial score (nSPS) is 35.2. The summed E-state index contributed by atoms with van der Waals surface area (Å²) < 4.78 is 0. The van der Waals surface area contributed by atoms with E-state index in [1.807, 2.05) is 4.90 Å². The molecule has 110 valence electrons. The molecule has 1 saturated carbocycles. The number of piperidine rings is 1. The molecule has 0 bridgehead atoms. The van der Waals surface area contributed by atoms with E-state index in [0.717, 1.165) is 38.3 Å². The van der Waals surface area contributed by atoms with Crippen molar-refractivity contribution in [1.82, 2.24) is 4.90 Å². The van der Waals surface area contributed by atoms with Gasteiger partial charge in [-0.15, -0.1) is 0 Å². The van der Waals surface area contributed by atoms with Gasteiger partial charge in [0.05, 0.1) is 0 Å². The van der Waals surface area contributed by atoms with Gasteiger partial charge in [0.15, 0.2) is 0 Å². The van der Waals surface area contributed by atoms with Crippen molar-refractivity contribution in [2.24, 2.45) is 23.0 Å². The molecule has 0 aromatic rings. The molecule has 1 aliphatic carbocycles. The summed E-state index contributed by atoms with van der Waals surface area (Å²) >= 11 is 0. The smallest absolute Gasteiger partial charge is 0.222 e. The van der Waals surface area contributed by atoms with Gasteiger partial charge in [-0.3, -0.25) is 4.79 Å². The summed E-state index contributed by atoms with van der Waals surface area (Å²) in [7, 11) is 0. The van der Waals surface area contributed by atoms with Crippen LogP contribution in [-0.4, -0.2) is 29.9 Å². The SMILES string of the molecule is CC1CC(CC(=O)N2CCCC(N)C2)CC(C)(C)C1. The van der Waals surface area contributed by atoms with Crippen LogP contribution < -0.4 is 5.73 Å². The Kier molecular flexibility index (Phi) is 4.54. The summed E-state index contributed by atoms with van der Waals surface area (Å²) in [5, 5.41) is 0. The van der Waals surface area contributed by atoms with Crippen LogP contribution in [0.15, 0.2) is 0 Å². The zero-order valence-electron chi connectivity index (χ0n) is 12.8. The third kappa shape index (κ3) is 4.20. The van der Waals surface area contributed by atoms with Crippen molar-refractivity contribution in [1.29, 1.82) is 0 Å². The van der Waals surface area contributed by atoms with Gasteiger partial charge in [0.25, 0.3) is 0 Å². The molecular formula is C16H30N2O. The lowest BCUT2D eigenvalue weighted by atomic mass is 9.67. The van der Waals surface area contributed by atoms with Gasteiger partial charge in [0.2, 0.25) is 5.91 Å². The molecule has 0 aromatic carbocycles. The van der Waals surface area contributed by atoms with Crippen LogP contribution in [0.1, 0.15) is 59.3 Å². The van der Waals surface area contributed by atoms with Gasteiger partial charge in [-0.1, -0.05) is 20.8 Å². The maximum absolute atomic E-state index is 12.4. The summed E-state index contributed by atoms with van der Waals surface area (Å²) in [6.07, 6.45) is 6.58. The van der Waals surface area contributed by atoms with Crippen LogP contribution in [0.2, 0.25) is 0 Å². The Bertz CT molecular complexity index is 327. The molecule has 1 saturated heterocycles. The number of carbonyl (C=O) groups is 1. The first-order valence-electron chi connectivity index (χ1n) is 7.89. The van der Waals surface area contributed by atoms with Crippen LogP contribution in [-0.2, 0) is 4.79 Å². The van der Waals surface area contributed by atoms with E-state index in [1.165, 1.54) is 19.3 Å². The molecule has 0 aromatic heterocycles. The molecule has 1 amide bonds. The fourth-order valence-electron chi connectivity index (χ4n) is 4.31. The number of rotatable bonds is 2. The maximum Gasteiger partial charge on any atom is 0.222 e. The largest absolute Gasteiger partial charge is 0.341 e. The van der Waals surface area contributed by atoms with E-state index >= 15 is 0 Å². The number of amides is 1. The van der Waals surface area contributed by atoms with Crippen LogP contribution in [0.25, 0.3) is 0 Å². The maximum atomic E-state index is 12.4. The minimum Gasteiger partial charge on any atom is -0.341 e. The fraction of sp³-hybridized carbons (Fsp3) is 0.938. The predicted octanol–water partition coefficient (Wildman–Crippen LogP) is 2.79. The number of carbonyl (C=O) groups excluding carboxylic acids is 1. The minimum atomic E-state index is 0.194. The molecule has 3 heteroatoms. The highest BCUT2D eigenvalue weighted by Gasteiger charge is 2.34. The van der Waals surface area contributed by atoms with Crippen LogP contribution in [0.4, 0.5) is 0 Å². The standard InChI is InChI=1S/C16H30N2O/c1-12-7-13(10-16(2,3)9-12)8-15(19)18-6-4-5-14(17)11-18/h12-14H,4-11,17H2,1-3H3. The van der Waals surface area contributed by atoms with Crippen molar-refractivity contribution in [3.63, 3.8) is 0 Å². The monoisotopic (exact) mass is 266 g/mol. The van der Waals surface area contributed by atoms with Crippen molar-refractivity contribution in [2.45, 2.75) is 65.3 Å². The lowest BCUT2D eigenvalue weighted by Crippen LogP contribution is -2.46. The zero-order chi connectivity index (χ0) is 14.0. The molecule has 3 nitrogen and oxygen atoms in total. The van der Waals surface area contributed by atoms with Gasteiger partial charge in [-0.05, 0) is 49.4 Å². The Labute approximate surface area is 117 Å². The number of hydrogen-bond donors (Lipinski definition) is 1. The molecule has 2 aliphatic rings. The Morgan fingerprint density at radius 1 is 1.37 bits per heavy atom. The fourth-order valence-corrected chi connectivity index (χ4v) is 4.31. The lowest BCUT2D eigenvalue weighted by Gasteiger charge is -2.40. The summed E-state index contributed by atoms with van der Waals surface area (Å²) in [6.45, 7) is 8.70. The van der Waals surface area contributed by atoms with E-state index < -0.39 is 0 Å².